The first-order chi connectivity index (χ1) is 14.3. The number of rotatable bonds is 3. The Balaban J connectivity index is 1.69. The maximum absolute atomic E-state index is 13.1. The van der Waals surface area contributed by atoms with Gasteiger partial charge in [0, 0.05) is 7.05 Å². The molecule has 1 saturated heterocycles. The fraction of sp³-hybridized carbons (Fsp3) is 0.391. The number of amides is 2. The van der Waals surface area contributed by atoms with Crippen LogP contribution >= 0.6 is 11.6 Å². The summed E-state index contributed by atoms with van der Waals surface area (Å²) in [5, 5.41) is 6.40. The van der Waals surface area contributed by atoms with E-state index < -0.39 is 0 Å². The predicted molar refractivity (Wildman–Crippen MR) is 113 cm³/mol. The van der Waals surface area contributed by atoms with Crippen molar-refractivity contribution in [1.82, 2.24) is 10.6 Å². The molecule has 7 heteroatoms. The van der Waals surface area contributed by atoms with Crippen molar-refractivity contribution in [2.75, 3.05) is 15.9 Å². The van der Waals surface area contributed by atoms with Crippen molar-refractivity contribution in [1.29, 1.82) is 0 Å². The van der Waals surface area contributed by atoms with Crippen molar-refractivity contribution in [3.05, 3.63) is 63.2 Å². The summed E-state index contributed by atoms with van der Waals surface area (Å²) in [6, 6.07) is 9.39. The molecular formula is C23H25ClIN2O3-. The van der Waals surface area contributed by atoms with E-state index >= 15 is 0 Å². The average Bonchev–Trinajstić information content (AvgIpc) is 2.72. The molecule has 2 aliphatic heterocycles. The van der Waals surface area contributed by atoms with Crippen molar-refractivity contribution >= 4 is 23.4 Å². The third-order valence-corrected chi connectivity index (χ3v) is 9.99. The van der Waals surface area contributed by atoms with Gasteiger partial charge in [0.05, 0.1) is 0 Å². The second-order valence-electron chi connectivity index (χ2n) is 8.24. The zero-order chi connectivity index (χ0) is 21.5. The molecule has 2 amide bonds. The van der Waals surface area contributed by atoms with E-state index in [2.05, 4.69) is 17.6 Å². The first-order valence-corrected chi connectivity index (χ1v) is 13.4. The monoisotopic (exact) mass is 539 g/mol. The topological polar surface area (TPSA) is 67.4 Å². The Labute approximate surface area is 192 Å². The summed E-state index contributed by atoms with van der Waals surface area (Å²) < 4.78 is 8.45. The van der Waals surface area contributed by atoms with Crippen LogP contribution in [0, 0.1) is 6.92 Å². The van der Waals surface area contributed by atoms with Crippen LogP contribution in [0.5, 0.6) is 5.75 Å². The second kappa shape index (κ2) is 8.38. The molecule has 1 unspecified atom stereocenters. The zero-order valence-corrected chi connectivity index (χ0v) is 20.2. The Hall–Kier alpha value is -1.80. The molecular weight excluding hydrogens is 515 g/mol. The first-order valence-electron chi connectivity index (χ1n) is 9.95. The van der Waals surface area contributed by atoms with Gasteiger partial charge in [0.1, 0.15) is 0 Å². The number of halogens is 2. The molecule has 160 valence electrons. The van der Waals surface area contributed by atoms with Crippen LogP contribution in [-0.2, 0) is 6.42 Å². The molecule has 2 N–H and O–H groups in total. The molecule has 2 bridgehead atoms. The van der Waals surface area contributed by atoms with E-state index in [1.165, 1.54) is 0 Å². The molecule has 0 aliphatic carbocycles. The standard InChI is InChI=1S/C23H25ClIN2O3/c1-13-16(8-14-4-6-15(7-5-14)21(28)26-3)9-18-20(19(13)24)30-17-10-23(2,12-25-11-17)27-22(18)29/h4-7,9,17H,8,10-12H2,1-3H3,(H,26,28)(H,27,29)/q-1/t17-,23?/m0/s1. The summed E-state index contributed by atoms with van der Waals surface area (Å²) in [5.74, 6) is 0.287. The molecule has 2 aromatic carbocycles. The van der Waals surface area contributed by atoms with Crippen molar-refractivity contribution in [3.63, 3.8) is 0 Å². The first kappa shape index (κ1) is 21.4. The van der Waals surface area contributed by atoms with Crippen molar-refractivity contribution in [2.24, 2.45) is 0 Å². The summed E-state index contributed by atoms with van der Waals surface area (Å²) in [4.78, 5) is 24.9. The molecule has 0 spiro atoms. The minimum atomic E-state index is -0.196. The van der Waals surface area contributed by atoms with Gasteiger partial charge in [-0.05, 0) is 0 Å². The molecule has 2 aliphatic rings. The van der Waals surface area contributed by atoms with E-state index in [1.54, 1.807) is 19.2 Å². The summed E-state index contributed by atoms with van der Waals surface area (Å²) in [6.07, 6.45) is 1.55. The van der Waals surface area contributed by atoms with Gasteiger partial charge in [0.25, 0.3) is 5.91 Å². The Morgan fingerprint density at radius 3 is 2.80 bits per heavy atom. The number of benzene rings is 2. The zero-order valence-electron chi connectivity index (χ0n) is 17.3. The number of carbonyl (C=O) groups excluding carboxylic acids is 2. The normalized spacial score (nSPS) is 23.1. The number of fused-ring (bicyclic) bond motifs is 3. The molecule has 4 rings (SSSR count). The van der Waals surface area contributed by atoms with Gasteiger partial charge in [-0.1, -0.05) is 0 Å². The minimum absolute atomic E-state index is 0.0113. The van der Waals surface area contributed by atoms with E-state index in [0.717, 1.165) is 32.0 Å². The summed E-state index contributed by atoms with van der Waals surface area (Å²) in [7, 11) is 1.61. The number of carbonyl (C=O) groups is 2. The van der Waals surface area contributed by atoms with Crippen LogP contribution < -0.4 is 36.6 Å². The third-order valence-electron chi connectivity index (χ3n) is 5.70. The third kappa shape index (κ3) is 4.17. The molecule has 2 heterocycles. The van der Waals surface area contributed by atoms with Crippen molar-refractivity contribution < 1.29 is 35.5 Å². The fourth-order valence-electron chi connectivity index (χ4n) is 4.05. The van der Waals surface area contributed by atoms with Crippen LogP contribution in [-0.4, -0.2) is 39.4 Å². The van der Waals surface area contributed by atoms with Crippen LogP contribution in [0.1, 0.15) is 50.8 Å². The summed E-state index contributed by atoms with van der Waals surface area (Å²) >= 11 is 6.73. The number of alkyl halides is 2. The Kier molecular flexibility index (Phi) is 5.99. The second-order valence-corrected chi connectivity index (χ2v) is 11.3. The van der Waals surface area contributed by atoms with Crippen LogP contribution in [0.15, 0.2) is 30.3 Å². The van der Waals surface area contributed by atoms with E-state index in [9.17, 15) is 9.59 Å². The molecule has 0 aromatic heterocycles. The van der Waals surface area contributed by atoms with Crippen LogP contribution in [0.3, 0.4) is 0 Å². The summed E-state index contributed by atoms with van der Waals surface area (Å²) in [5.41, 5.74) is 3.88. The SMILES string of the molecule is CNC(=O)c1ccc(Cc2cc3c(c(Cl)c2C)O[C@@H]2C[I-]CC(C)(C2)NC3=O)cc1. The van der Waals surface area contributed by atoms with Gasteiger partial charge in [-0.25, -0.2) is 0 Å². The van der Waals surface area contributed by atoms with E-state index in [0.29, 0.717) is 28.3 Å². The summed E-state index contributed by atoms with van der Waals surface area (Å²) in [6.45, 7) is 4.09. The molecule has 0 saturated carbocycles. The van der Waals surface area contributed by atoms with E-state index in [-0.39, 0.29) is 44.7 Å². The molecule has 0 radical (unpaired) electrons. The van der Waals surface area contributed by atoms with Gasteiger partial charge in [0.15, 0.2) is 0 Å². The van der Waals surface area contributed by atoms with Crippen LogP contribution in [0.25, 0.3) is 0 Å². The molecule has 2 atom stereocenters. The van der Waals surface area contributed by atoms with E-state index in [4.69, 9.17) is 16.3 Å². The van der Waals surface area contributed by atoms with Crippen LogP contribution in [0.2, 0.25) is 5.02 Å². The average molecular weight is 540 g/mol. The molecule has 2 aromatic rings. The van der Waals surface area contributed by atoms with Gasteiger partial charge < -0.3 is 5.32 Å². The number of hydrogen-bond acceptors (Lipinski definition) is 3. The number of ether oxygens (including phenoxy) is 1. The maximum atomic E-state index is 13.1. The Bertz CT molecular complexity index is 1010. The number of nitrogens with one attached hydrogen (secondary N) is 2. The van der Waals surface area contributed by atoms with Gasteiger partial charge in [0.2, 0.25) is 0 Å². The van der Waals surface area contributed by atoms with Crippen LogP contribution in [0.4, 0.5) is 0 Å². The van der Waals surface area contributed by atoms with Gasteiger partial charge in [-0.2, -0.15) is 0 Å². The molecule has 1 fully saturated rings. The Morgan fingerprint density at radius 1 is 1.37 bits per heavy atom. The molecule has 5 nitrogen and oxygen atoms in total. The van der Waals surface area contributed by atoms with Crippen molar-refractivity contribution in [2.45, 2.75) is 38.3 Å². The fourth-order valence-corrected chi connectivity index (χ4v) is 7.50. The Morgan fingerprint density at radius 2 is 2.10 bits per heavy atom. The van der Waals surface area contributed by atoms with Crippen molar-refractivity contribution in [3.8, 4) is 5.75 Å². The number of hydrogen-bond donors (Lipinski definition) is 2. The van der Waals surface area contributed by atoms with Gasteiger partial charge in [-0.15, -0.1) is 0 Å². The molecule has 30 heavy (non-hydrogen) atoms. The quantitative estimate of drug-likeness (QED) is 0.437. The van der Waals surface area contributed by atoms with E-state index in [1.807, 2.05) is 25.1 Å². The predicted octanol–water partition coefficient (Wildman–Crippen LogP) is 0.341. The van der Waals surface area contributed by atoms with Gasteiger partial charge >= 0.3 is 170 Å². The van der Waals surface area contributed by atoms with Gasteiger partial charge in [-0.3, -0.25) is 4.79 Å².